The number of nitrogens with zero attached hydrogens (tertiary/aromatic N) is 3. The molecule has 1 aromatic heterocycles. The van der Waals surface area contributed by atoms with Gasteiger partial charge in [0.05, 0.1) is 19.8 Å². The molecule has 2 saturated heterocycles. The molecule has 2 aliphatic heterocycles. The third-order valence-electron chi connectivity index (χ3n) is 4.79. The number of hydrogen-bond donors (Lipinski definition) is 1. The van der Waals surface area contributed by atoms with E-state index in [4.69, 9.17) is 14.5 Å². The van der Waals surface area contributed by atoms with Crippen LogP contribution in [0, 0.1) is 5.41 Å². The van der Waals surface area contributed by atoms with Crippen molar-refractivity contribution in [1.82, 2.24) is 15.2 Å². The summed E-state index contributed by atoms with van der Waals surface area (Å²) in [6.07, 6.45) is 4.11. The van der Waals surface area contributed by atoms with Crippen molar-refractivity contribution in [3.63, 3.8) is 0 Å². The Balaban J connectivity index is 1.70. The Kier molecular flexibility index (Phi) is 5.56. The SMILES string of the molecule is CCNC(=NCc1cccnc1OCC)N1CCC2(CCOC2)C1. The number of rotatable bonds is 5. The Hall–Kier alpha value is -1.82. The summed E-state index contributed by atoms with van der Waals surface area (Å²) >= 11 is 0. The predicted octanol–water partition coefficient (Wildman–Crippen LogP) is 2.06. The summed E-state index contributed by atoms with van der Waals surface area (Å²) in [5.41, 5.74) is 1.36. The highest BCUT2D eigenvalue weighted by Crippen LogP contribution is 2.38. The van der Waals surface area contributed by atoms with E-state index in [2.05, 4.69) is 22.1 Å². The monoisotopic (exact) mass is 332 g/mol. The van der Waals surface area contributed by atoms with Gasteiger partial charge in [0.15, 0.2) is 5.96 Å². The smallest absolute Gasteiger partial charge is 0.218 e. The molecule has 1 atom stereocenters. The minimum Gasteiger partial charge on any atom is -0.478 e. The van der Waals surface area contributed by atoms with Crippen molar-refractivity contribution >= 4 is 5.96 Å². The van der Waals surface area contributed by atoms with Crippen LogP contribution in [0.1, 0.15) is 32.3 Å². The molecule has 1 unspecified atom stereocenters. The molecule has 2 fully saturated rings. The van der Waals surface area contributed by atoms with E-state index in [0.717, 1.165) is 44.4 Å². The summed E-state index contributed by atoms with van der Waals surface area (Å²) in [7, 11) is 0. The summed E-state index contributed by atoms with van der Waals surface area (Å²) in [5, 5.41) is 3.43. The van der Waals surface area contributed by atoms with E-state index in [0.29, 0.717) is 24.4 Å². The average Bonchev–Trinajstić information content (AvgIpc) is 3.23. The van der Waals surface area contributed by atoms with E-state index in [1.165, 1.54) is 12.8 Å². The van der Waals surface area contributed by atoms with E-state index in [9.17, 15) is 0 Å². The van der Waals surface area contributed by atoms with E-state index < -0.39 is 0 Å². The fourth-order valence-corrected chi connectivity index (χ4v) is 3.48. The van der Waals surface area contributed by atoms with Crippen LogP contribution in [-0.2, 0) is 11.3 Å². The predicted molar refractivity (Wildman–Crippen MR) is 94.3 cm³/mol. The summed E-state index contributed by atoms with van der Waals surface area (Å²) < 4.78 is 11.2. The second-order valence-electron chi connectivity index (χ2n) is 6.54. The summed E-state index contributed by atoms with van der Waals surface area (Å²) in [6.45, 7) is 9.99. The first kappa shape index (κ1) is 17.0. The molecule has 0 bridgehead atoms. The van der Waals surface area contributed by atoms with Gasteiger partial charge in [-0.2, -0.15) is 0 Å². The Morgan fingerprint density at radius 1 is 1.46 bits per heavy atom. The number of ether oxygens (including phenoxy) is 2. The zero-order valence-corrected chi connectivity index (χ0v) is 14.8. The molecule has 6 nitrogen and oxygen atoms in total. The molecule has 3 heterocycles. The number of nitrogens with one attached hydrogen (secondary N) is 1. The first-order valence-electron chi connectivity index (χ1n) is 8.94. The molecule has 0 aromatic carbocycles. The minimum atomic E-state index is 0.334. The van der Waals surface area contributed by atoms with Gasteiger partial charge >= 0.3 is 0 Å². The lowest BCUT2D eigenvalue weighted by atomic mass is 9.87. The lowest BCUT2D eigenvalue weighted by molar-refractivity contribution is 0.156. The van der Waals surface area contributed by atoms with Gasteiger partial charge in [0, 0.05) is 43.4 Å². The third-order valence-corrected chi connectivity index (χ3v) is 4.79. The van der Waals surface area contributed by atoms with Crippen LogP contribution in [0.4, 0.5) is 0 Å². The van der Waals surface area contributed by atoms with Gasteiger partial charge in [-0.15, -0.1) is 0 Å². The Morgan fingerprint density at radius 2 is 2.38 bits per heavy atom. The molecule has 0 aliphatic carbocycles. The van der Waals surface area contributed by atoms with Gasteiger partial charge in [-0.25, -0.2) is 9.98 Å². The maximum Gasteiger partial charge on any atom is 0.218 e. The van der Waals surface area contributed by atoms with Crippen LogP contribution in [0.3, 0.4) is 0 Å². The zero-order valence-electron chi connectivity index (χ0n) is 14.8. The maximum atomic E-state index is 5.63. The Labute approximate surface area is 144 Å². The molecule has 24 heavy (non-hydrogen) atoms. The van der Waals surface area contributed by atoms with Crippen LogP contribution < -0.4 is 10.1 Å². The van der Waals surface area contributed by atoms with E-state index in [1.54, 1.807) is 6.20 Å². The van der Waals surface area contributed by atoms with Crippen LogP contribution in [0.25, 0.3) is 0 Å². The standard InChI is InChI=1S/C18H28N4O2/c1-3-19-17(22-10-7-18(13-22)8-11-23-14-18)21-12-15-6-5-9-20-16(15)24-4-2/h5-6,9H,3-4,7-8,10-14H2,1-2H3,(H,19,21). The van der Waals surface area contributed by atoms with Crippen molar-refractivity contribution in [2.45, 2.75) is 33.2 Å². The molecule has 3 rings (SSSR count). The van der Waals surface area contributed by atoms with Crippen LogP contribution in [-0.4, -0.2) is 55.3 Å². The van der Waals surface area contributed by atoms with Gasteiger partial charge in [-0.05, 0) is 32.8 Å². The largest absolute Gasteiger partial charge is 0.478 e. The van der Waals surface area contributed by atoms with Crippen molar-refractivity contribution in [2.75, 3.05) is 39.5 Å². The minimum absolute atomic E-state index is 0.334. The molecule has 0 radical (unpaired) electrons. The van der Waals surface area contributed by atoms with E-state index in [-0.39, 0.29) is 0 Å². The lowest BCUT2D eigenvalue weighted by Gasteiger charge is -2.25. The van der Waals surface area contributed by atoms with Crippen molar-refractivity contribution in [2.24, 2.45) is 10.4 Å². The quantitative estimate of drug-likeness (QED) is 0.661. The highest BCUT2D eigenvalue weighted by atomic mass is 16.5. The Morgan fingerprint density at radius 3 is 3.12 bits per heavy atom. The molecule has 2 aliphatic rings. The summed E-state index contributed by atoms with van der Waals surface area (Å²) in [5.74, 6) is 1.66. The molecule has 0 amide bonds. The molecular weight excluding hydrogens is 304 g/mol. The number of aromatic nitrogens is 1. The number of guanidine groups is 1. The lowest BCUT2D eigenvalue weighted by Crippen LogP contribution is -2.41. The topological polar surface area (TPSA) is 59.0 Å². The van der Waals surface area contributed by atoms with Crippen molar-refractivity contribution in [1.29, 1.82) is 0 Å². The molecular formula is C18H28N4O2. The molecule has 1 spiro atoms. The van der Waals surface area contributed by atoms with E-state index >= 15 is 0 Å². The molecule has 132 valence electrons. The average molecular weight is 332 g/mol. The normalized spacial score (nSPS) is 23.9. The van der Waals surface area contributed by atoms with E-state index in [1.807, 2.05) is 19.1 Å². The van der Waals surface area contributed by atoms with Crippen LogP contribution in [0.15, 0.2) is 23.3 Å². The van der Waals surface area contributed by atoms with Gasteiger partial charge in [0.1, 0.15) is 0 Å². The Bertz CT molecular complexity index is 570. The van der Waals surface area contributed by atoms with Gasteiger partial charge in [-0.3, -0.25) is 0 Å². The van der Waals surface area contributed by atoms with Crippen LogP contribution in [0.2, 0.25) is 0 Å². The first-order valence-corrected chi connectivity index (χ1v) is 8.94. The highest BCUT2D eigenvalue weighted by Gasteiger charge is 2.42. The zero-order chi connectivity index (χ0) is 16.8. The number of pyridine rings is 1. The maximum absolute atomic E-state index is 5.63. The fraction of sp³-hybridized carbons (Fsp3) is 0.667. The molecule has 6 heteroatoms. The van der Waals surface area contributed by atoms with Gasteiger partial charge in [0.25, 0.3) is 0 Å². The van der Waals surface area contributed by atoms with Crippen molar-refractivity contribution in [3.05, 3.63) is 23.9 Å². The highest BCUT2D eigenvalue weighted by molar-refractivity contribution is 5.80. The first-order chi connectivity index (χ1) is 11.8. The fourth-order valence-electron chi connectivity index (χ4n) is 3.48. The van der Waals surface area contributed by atoms with Gasteiger partial charge < -0.3 is 19.7 Å². The van der Waals surface area contributed by atoms with Gasteiger partial charge in [0.2, 0.25) is 5.88 Å². The number of likely N-dealkylation sites (tertiary alicyclic amines) is 1. The van der Waals surface area contributed by atoms with Crippen LogP contribution in [0.5, 0.6) is 5.88 Å². The number of hydrogen-bond acceptors (Lipinski definition) is 4. The molecule has 1 N–H and O–H groups in total. The molecule has 0 saturated carbocycles. The molecule has 1 aromatic rings. The third kappa shape index (κ3) is 3.80. The summed E-state index contributed by atoms with van der Waals surface area (Å²) in [6, 6.07) is 3.96. The summed E-state index contributed by atoms with van der Waals surface area (Å²) in [4.78, 5) is 11.5. The number of aliphatic imine (C=N–C) groups is 1. The second kappa shape index (κ2) is 7.83. The van der Waals surface area contributed by atoms with Crippen molar-refractivity contribution < 1.29 is 9.47 Å². The van der Waals surface area contributed by atoms with Crippen molar-refractivity contribution in [3.8, 4) is 5.88 Å². The second-order valence-corrected chi connectivity index (χ2v) is 6.54. The van der Waals surface area contributed by atoms with Crippen LogP contribution >= 0.6 is 0 Å². The van der Waals surface area contributed by atoms with Gasteiger partial charge in [-0.1, -0.05) is 6.07 Å².